The van der Waals surface area contributed by atoms with Crippen LogP contribution in [0.4, 0.5) is 4.79 Å². The fraction of sp³-hybridized carbons (Fsp3) is 0.233. The molecule has 11 heteroatoms. The normalized spacial score (nSPS) is 12.2. The summed E-state index contributed by atoms with van der Waals surface area (Å²) in [5.74, 6) is -1.29. The number of ether oxygens (including phenoxy) is 1. The van der Waals surface area contributed by atoms with Crippen molar-refractivity contribution < 1.29 is 29.0 Å². The van der Waals surface area contributed by atoms with Gasteiger partial charge in [-0.1, -0.05) is 54.6 Å². The highest BCUT2D eigenvalue weighted by atomic mass is 16.5. The molecule has 0 saturated carbocycles. The van der Waals surface area contributed by atoms with E-state index in [1.165, 1.54) is 6.92 Å². The third-order valence-corrected chi connectivity index (χ3v) is 6.51. The molecular weight excluding hydrogens is 526 g/mol. The van der Waals surface area contributed by atoms with Crippen LogP contribution in [0.25, 0.3) is 11.0 Å². The summed E-state index contributed by atoms with van der Waals surface area (Å²) >= 11 is 0. The summed E-state index contributed by atoms with van der Waals surface area (Å²) in [5.41, 5.74) is 3.55. The minimum atomic E-state index is -1.38. The van der Waals surface area contributed by atoms with Gasteiger partial charge in [-0.25, -0.2) is 14.6 Å². The van der Waals surface area contributed by atoms with E-state index in [1.54, 1.807) is 53.4 Å². The third kappa shape index (κ3) is 7.69. The van der Waals surface area contributed by atoms with Crippen LogP contribution in [0.1, 0.15) is 47.2 Å². The van der Waals surface area contributed by atoms with Crippen molar-refractivity contribution in [2.24, 2.45) is 0 Å². The summed E-state index contributed by atoms with van der Waals surface area (Å²) in [6, 6.07) is 21.5. The smallest absolute Gasteiger partial charge is 0.408 e. The molecule has 11 nitrogen and oxygen atoms in total. The van der Waals surface area contributed by atoms with Gasteiger partial charge in [0.05, 0.1) is 17.1 Å². The van der Waals surface area contributed by atoms with Crippen molar-refractivity contribution >= 4 is 34.9 Å². The van der Waals surface area contributed by atoms with Gasteiger partial charge < -0.3 is 30.4 Å². The molecule has 0 fully saturated rings. The Morgan fingerprint density at radius 3 is 2.29 bits per heavy atom. The number of hydrogen-bond donors (Lipinski definition) is 4. The maximum atomic E-state index is 12.7. The van der Waals surface area contributed by atoms with Crippen LogP contribution >= 0.6 is 0 Å². The molecule has 212 valence electrons. The molecule has 1 aromatic heterocycles. The Bertz CT molecular complexity index is 1490. The number of nitrogens with one attached hydrogen (secondary N) is 3. The number of carboxylic acids is 1. The van der Waals surface area contributed by atoms with Gasteiger partial charge in [-0.2, -0.15) is 0 Å². The van der Waals surface area contributed by atoms with E-state index in [0.717, 1.165) is 22.2 Å². The van der Waals surface area contributed by atoms with Gasteiger partial charge in [0.25, 0.3) is 5.91 Å². The summed E-state index contributed by atoms with van der Waals surface area (Å²) < 4.78 is 5.06. The molecule has 0 aliphatic rings. The van der Waals surface area contributed by atoms with E-state index < -0.39 is 24.0 Å². The first-order chi connectivity index (χ1) is 19.7. The Morgan fingerprint density at radius 1 is 0.951 bits per heavy atom. The van der Waals surface area contributed by atoms with E-state index >= 15 is 0 Å². The number of rotatable bonds is 11. The van der Waals surface area contributed by atoms with E-state index in [-0.39, 0.29) is 25.1 Å². The number of aliphatic carboxylic acids is 1. The number of amides is 3. The van der Waals surface area contributed by atoms with Crippen molar-refractivity contribution in [2.45, 2.75) is 39.1 Å². The lowest BCUT2D eigenvalue weighted by Gasteiger charge is -2.27. The molecule has 0 radical (unpaired) electrons. The predicted molar refractivity (Wildman–Crippen MR) is 151 cm³/mol. The molecule has 1 heterocycles. The van der Waals surface area contributed by atoms with Crippen molar-refractivity contribution in [2.75, 3.05) is 6.54 Å². The van der Waals surface area contributed by atoms with Gasteiger partial charge in [0, 0.05) is 25.6 Å². The number of alkyl carbamates (subject to hydrolysis) is 1. The van der Waals surface area contributed by atoms with Crippen molar-refractivity contribution in [1.82, 2.24) is 25.5 Å². The number of H-pyrrole nitrogens is 1. The molecule has 3 aromatic carbocycles. The topological polar surface area (TPSA) is 154 Å². The molecule has 0 spiro atoms. The van der Waals surface area contributed by atoms with Crippen LogP contribution in [0, 0.1) is 0 Å². The third-order valence-electron chi connectivity index (χ3n) is 6.51. The Balaban J connectivity index is 1.32. The van der Waals surface area contributed by atoms with Crippen LogP contribution in [0.15, 0.2) is 78.9 Å². The molecule has 4 rings (SSSR count). The molecule has 1 unspecified atom stereocenters. The summed E-state index contributed by atoms with van der Waals surface area (Å²) in [5, 5.41) is 14.2. The monoisotopic (exact) mass is 557 g/mol. The molecule has 0 saturated heterocycles. The standard InChI is InChI=1S/C30H31N5O6/c1-19(27-32-24-10-6-7-11-25(24)33-27)35(20(2)36)17-21-12-14-23(15-13-21)28(37)31-16-26(29(38)39)34-30(40)41-18-22-8-4-3-5-9-22/h3-15,19,26H,16-18H2,1-2H3,(H,31,37)(H,32,33)(H,34,40)(H,38,39)/t19?,26-/m0/s1. The molecule has 0 aliphatic carbocycles. The van der Waals surface area contributed by atoms with Gasteiger partial charge in [-0.15, -0.1) is 0 Å². The van der Waals surface area contributed by atoms with Crippen LogP contribution in [-0.2, 0) is 27.5 Å². The quantitative estimate of drug-likeness (QED) is 0.219. The van der Waals surface area contributed by atoms with E-state index in [0.29, 0.717) is 17.9 Å². The molecular formula is C30H31N5O6. The van der Waals surface area contributed by atoms with E-state index in [1.807, 2.05) is 37.3 Å². The molecule has 4 N–H and O–H groups in total. The fourth-order valence-electron chi connectivity index (χ4n) is 4.20. The van der Waals surface area contributed by atoms with Gasteiger partial charge in [-0.3, -0.25) is 9.59 Å². The van der Waals surface area contributed by atoms with Crippen molar-refractivity contribution in [3.63, 3.8) is 0 Å². The predicted octanol–water partition coefficient (Wildman–Crippen LogP) is 3.78. The van der Waals surface area contributed by atoms with Gasteiger partial charge in [-0.05, 0) is 42.3 Å². The minimum Gasteiger partial charge on any atom is -0.480 e. The fourth-order valence-corrected chi connectivity index (χ4v) is 4.20. The lowest BCUT2D eigenvalue weighted by molar-refractivity contribution is -0.139. The van der Waals surface area contributed by atoms with E-state index in [9.17, 15) is 24.3 Å². The number of aromatic amines is 1. The second kappa shape index (κ2) is 13.2. The Morgan fingerprint density at radius 2 is 1.63 bits per heavy atom. The van der Waals surface area contributed by atoms with Gasteiger partial charge >= 0.3 is 12.1 Å². The first kappa shape index (κ1) is 28.8. The highest BCUT2D eigenvalue weighted by Gasteiger charge is 2.23. The number of benzene rings is 3. The lowest BCUT2D eigenvalue weighted by Crippen LogP contribution is -2.48. The molecule has 2 atom stereocenters. The number of nitrogens with zero attached hydrogens (tertiary/aromatic N) is 2. The van der Waals surface area contributed by atoms with Crippen LogP contribution in [0.2, 0.25) is 0 Å². The second-order valence-electron chi connectivity index (χ2n) is 9.47. The Labute approximate surface area is 236 Å². The van der Waals surface area contributed by atoms with Crippen molar-refractivity contribution in [3.8, 4) is 0 Å². The van der Waals surface area contributed by atoms with Crippen LogP contribution in [0.3, 0.4) is 0 Å². The van der Waals surface area contributed by atoms with Gasteiger partial charge in [0.15, 0.2) is 0 Å². The zero-order valence-electron chi connectivity index (χ0n) is 22.7. The molecule has 0 bridgehead atoms. The molecule has 41 heavy (non-hydrogen) atoms. The van der Waals surface area contributed by atoms with Gasteiger partial charge in [0.1, 0.15) is 18.5 Å². The average Bonchev–Trinajstić information content (AvgIpc) is 3.41. The number of carbonyl (C=O) groups excluding carboxylic acids is 3. The zero-order chi connectivity index (χ0) is 29.4. The minimum absolute atomic E-state index is 0.0180. The van der Waals surface area contributed by atoms with E-state index in [4.69, 9.17) is 4.74 Å². The Kier molecular flexibility index (Phi) is 9.31. The van der Waals surface area contributed by atoms with Crippen LogP contribution in [-0.4, -0.2) is 56.4 Å². The first-order valence-corrected chi connectivity index (χ1v) is 13.0. The molecule has 3 amide bonds. The van der Waals surface area contributed by atoms with Gasteiger partial charge in [0.2, 0.25) is 5.91 Å². The van der Waals surface area contributed by atoms with Crippen LogP contribution < -0.4 is 10.6 Å². The van der Waals surface area contributed by atoms with E-state index in [2.05, 4.69) is 20.6 Å². The summed E-state index contributed by atoms with van der Waals surface area (Å²) in [6.45, 7) is 3.32. The van der Waals surface area contributed by atoms with Crippen LogP contribution in [0.5, 0.6) is 0 Å². The second-order valence-corrected chi connectivity index (χ2v) is 9.47. The summed E-state index contributed by atoms with van der Waals surface area (Å²) in [7, 11) is 0. The number of aromatic nitrogens is 2. The summed E-state index contributed by atoms with van der Waals surface area (Å²) in [4.78, 5) is 58.4. The van der Waals surface area contributed by atoms with Crippen molar-refractivity contribution in [3.05, 3.63) is 101 Å². The number of para-hydroxylation sites is 2. The summed E-state index contributed by atoms with van der Waals surface area (Å²) in [6.07, 6.45) is -0.910. The number of carboxylic acid groups (broad SMARTS) is 1. The maximum Gasteiger partial charge on any atom is 0.408 e. The molecule has 4 aromatic rings. The maximum absolute atomic E-state index is 12.7. The first-order valence-electron chi connectivity index (χ1n) is 13.0. The number of carbonyl (C=O) groups is 4. The Hall–Kier alpha value is -5.19. The SMILES string of the molecule is CC(=O)N(Cc1ccc(C(=O)NC[C@H](NC(=O)OCc2ccccc2)C(=O)O)cc1)C(C)c1nc2ccccc2[nH]1. The van der Waals surface area contributed by atoms with Crippen molar-refractivity contribution in [1.29, 1.82) is 0 Å². The highest BCUT2D eigenvalue weighted by Crippen LogP contribution is 2.23. The number of fused-ring (bicyclic) bond motifs is 1. The highest BCUT2D eigenvalue weighted by molar-refractivity contribution is 5.94. The number of hydrogen-bond acceptors (Lipinski definition) is 6. The lowest BCUT2D eigenvalue weighted by atomic mass is 10.1. The molecule has 0 aliphatic heterocycles. The zero-order valence-corrected chi connectivity index (χ0v) is 22.7. The number of imidazole rings is 1. The average molecular weight is 558 g/mol. The largest absolute Gasteiger partial charge is 0.480 e.